The molecule has 1 unspecified atom stereocenters. The first kappa shape index (κ1) is 14.5. The van der Waals surface area contributed by atoms with E-state index in [2.05, 4.69) is 24.3 Å². The minimum Gasteiger partial charge on any atom is -0.395 e. The number of anilines is 1. The summed E-state index contributed by atoms with van der Waals surface area (Å²) in [6.07, 6.45) is 2.97. The molecule has 1 aromatic rings. The third-order valence-corrected chi connectivity index (χ3v) is 3.15. The van der Waals surface area contributed by atoms with Gasteiger partial charge in [0.25, 0.3) is 5.91 Å². The van der Waals surface area contributed by atoms with Gasteiger partial charge in [0, 0.05) is 12.6 Å². The average Bonchev–Trinajstić information content (AvgIpc) is 2.64. The maximum absolute atomic E-state index is 12.3. The number of aromatic nitrogens is 2. The minimum atomic E-state index is -0.116. The molecule has 0 spiro atoms. The Hall–Kier alpha value is -1.52. The number of aryl methyl sites for hydroxylation is 2. The Morgan fingerprint density at radius 1 is 1.44 bits per heavy atom. The number of nitrogens with zero attached hydrogens (tertiary/aromatic N) is 2. The highest BCUT2D eigenvalue weighted by Gasteiger charge is 2.20. The second-order valence-electron chi connectivity index (χ2n) is 4.53. The number of nitrogens with one attached hydrogen (secondary N) is 1. The average molecular weight is 252 g/mol. The van der Waals surface area contributed by atoms with Gasteiger partial charge in [-0.25, -0.2) is 0 Å². The van der Waals surface area contributed by atoms with E-state index in [1.165, 1.54) is 0 Å². The quantitative estimate of drug-likeness (QED) is 0.814. The lowest BCUT2D eigenvalue weighted by atomic mass is 10.1. The van der Waals surface area contributed by atoms with Gasteiger partial charge >= 0.3 is 0 Å². The number of nitrogen functional groups attached to an aromatic ring is 1. The number of hydrogen-bond donors (Lipinski definition) is 2. The summed E-state index contributed by atoms with van der Waals surface area (Å²) in [5.74, 6) is -0.116. The lowest BCUT2D eigenvalue weighted by Crippen LogP contribution is -2.36. The van der Waals surface area contributed by atoms with Crippen molar-refractivity contribution >= 4 is 11.6 Å². The molecule has 0 aliphatic heterocycles. The van der Waals surface area contributed by atoms with Gasteiger partial charge in [-0.05, 0) is 26.7 Å². The zero-order chi connectivity index (χ0) is 13.7. The standard InChI is InChI=1S/C13H24N4O/c1-5-8-10(6-2)15-13(18)12-11(14)9(4)16-17(12)7-3/h10H,5-8,14H2,1-4H3,(H,15,18). The Balaban J connectivity index is 2.89. The van der Waals surface area contributed by atoms with E-state index >= 15 is 0 Å². The van der Waals surface area contributed by atoms with Crippen LogP contribution in [-0.2, 0) is 6.54 Å². The molecule has 5 heteroatoms. The Kier molecular flexibility index (Phi) is 5.19. The van der Waals surface area contributed by atoms with Crippen molar-refractivity contribution in [3.63, 3.8) is 0 Å². The molecule has 102 valence electrons. The summed E-state index contributed by atoms with van der Waals surface area (Å²) in [4.78, 5) is 12.3. The largest absolute Gasteiger partial charge is 0.395 e. The SMILES string of the molecule is CCCC(CC)NC(=O)c1c(N)c(C)nn1CC. The molecule has 0 aliphatic rings. The number of carbonyl (C=O) groups is 1. The predicted molar refractivity (Wildman–Crippen MR) is 73.5 cm³/mol. The smallest absolute Gasteiger partial charge is 0.271 e. The van der Waals surface area contributed by atoms with Gasteiger partial charge in [0.15, 0.2) is 0 Å². The van der Waals surface area contributed by atoms with Crippen LogP contribution < -0.4 is 11.1 Å². The van der Waals surface area contributed by atoms with Crippen LogP contribution in [0.25, 0.3) is 0 Å². The highest BCUT2D eigenvalue weighted by atomic mass is 16.2. The first-order valence-corrected chi connectivity index (χ1v) is 6.68. The molecular formula is C13H24N4O. The lowest BCUT2D eigenvalue weighted by Gasteiger charge is -2.16. The van der Waals surface area contributed by atoms with E-state index in [1.54, 1.807) is 4.68 Å². The van der Waals surface area contributed by atoms with E-state index in [-0.39, 0.29) is 11.9 Å². The second kappa shape index (κ2) is 6.42. The van der Waals surface area contributed by atoms with Crippen molar-refractivity contribution in [2.75, 3.05) is 5.73 Å². The van der Waals surface area contributed by atoms with E-state index in [0.717, 1.165) is 19.3 Å². The number of hydrogen-bond acceptors (Lipinski definition) is 3. The van der Waals surface area contributed by atoms with Crippen LogP contribution in [0.1, 0.15) is 56.2 Å². The van der Waals surface area contributed by atoms with E-state index in [0.29, 0.717) is 23.6 Å². The van der Waals surface area contributed by atoms with Crippen LogP contribution >= 0.6 is 0 Å². The molecule has 0 fully saturated rings. The van der Waals surface area contributed by atoms with Gasteiger partial charge in [0.1, 0.15) is 5.69 Å². The molecule has 5 nitrogen and oxygen atoms in total. The van der Waals surface area contributed by atoms with Crippen molar-refractivity contribution in [2.45, 2.75) is 59.5 Å². The molecule has 18 heavy (non-hydrogen) atoms. The Labute approximate surface area is 109 Å². The van der Waals surface area contributed by atoms with Crippen LogP contribution in [0.2, 0.25) is 0 Å². The number of rotatable bonds is 6. The van der Waals surface area contributed by atoms with Gasteiger partial charge < -0.3 is 11.1 Å². The zero-order valence-electron chi connectivity index (χ0n) is 11.8. The fourth-order valence-corrected chi connectivity index (χ4v) is 2.04. The molecule has 1 heterocycles. The summed E-state index contributed by atoms with van der Waals surface area (Å²) in [6.45, 7) is 8.61. The lowest BCUT2D eigenvalue weighted by molar-refractivity contribution is 0.0924. The van der Waals surface area contributed by atoms with Crippen molar-refractivity contribution in [2.24, 2.45) is 0 Å². The molecular weight excluding hydrogens is 228 g/mol. The molecule has 0 aliphatic carbocycles. The third-order valence-electron chi connectivity index (χ3n) is 3.15. The second-order valence-corrected chi connectivity index (χ2v) is 4.53. The summed E-state index contributed by atoms with van der Waals surface area (Å²) < 4.78 is 1.67. The molecule has 0 bridgehead atoms. The fraction of sp³-hybridized carbons (Fsp3) is 0.692. The maximum atomic E-state index is 12.3. The first-order valence-electron chi connectivity index (χ1n) is 6.68. The van der Waals surface area contributed by atoms with Crippen molar-refractivity contribution < 1.29 is 4.79 Å². The minimum absolute atomic E-state index is 0.116. The van der Waals surface area contributed by atoms with Crippen molar-refractivity contribution in [1.29, 1.82) is 0 Å². The van der Waals surface area contributed by atoms with Crippen molar-refractivity contribution in [3.05, 3.63) is 11.4 Å². The predicted octanol–water partition coefficient (Wildman–Crippen LogP) is 2.10. The van der Waals surface area contributed by atoms with Crippen LogP contribution in [0.5, 0.6) is 0 Å². The Bertz CT molecular complexity index is 411. The monoisotopic (exact) mass is 252 g/mol. The van der Waals surface area contributed by atoms with Gasteiger partial charge in [-0.3, -0.25) is 9.48 Å². The number of amides is 1. The number of carbonyl (C=O) groups excluding carboxylic acids is 1. The van der Waals surface area contributed by atoms with Crippen LogP contribution in [0, 0.1) is 6.92 Å². The summed E-state index contributed by atoms with van der Waals surface area (Å²) in [5, 5.41) is 7.29. The number of nitrogens with two attached hydrogens (primary N) is 1. The third kappa shape index (κ3) is 3.03. The molecule has 0 aromatic carbocycles. The van der Waals surface area contributed by atoms with E-state index in [4.69, 9.17) is 5.73 Å². The fourth-order valence-electron chi connectivity index (χ4n) is 2.04. The van der Waals surface area contributed by atoms with E-state index < -0.39 is 0 Å². The molecule has 0 saturated carbocycles. The summed E-state index contributed by atoms with van der Waals surface area (Å²) in [5.41, 5.74) is 7.62. The molecule has 1 aromatic heterocycles. The first-order chi connectivity index (χ1) is 8.54. The molecule has 1 amide bonds. The van der Waals surface area contributed by atoms with Crippen molar-refractivity contribution in [1.82, 2.24) is 15.1 Å². The topological polar surface area (TPSA) is 72.9 Å². The van der Waals surface area contributed by atoms with E-state index in [9.17, 15) is 4.79 Å². The van der Waals surface area contributed by atoms with Crippen LogP contribution in [-0.4, -0.2) is 21.7 Å². The summed E-state index contributed by atoms with van der Waals surface area (Å²) >= 11 is 0. The highest BCUT2D eigenvalue weighted by molar-refractivity contribution is 5.98. The molecule has 0 radical (unpaired) electrons. The van der Waals surface area contributed by atoms with Crippen LogP contribution in [0.15, 0.2) is 0 Å². The van der Waals surface area contributed by atoms with E-state index in [1.807, 2.05) is 13.8 Å². The molecule has 3 N–H and O–H groups in total. The summed E-state index contributed by atoms with van der Waals surface area (Å²) in [6, 6.07) is 0.211. The Morgan fingerprint density at radius 2 is 2.11 bits per heavy atom. The van der Waals surface area contributed by atoms with Gasteiger partial charge in [0.05, 0.1) is 11.4 Å². The van der Waals surface area contributed by atoms with Gasteiger partial charge in [-0.1, -0.05) is 20.3 Å². The molecule has 0 saturated heterocycles. The van der Waals surface area contributed by atoms with Gasteiger partial charge in [-0.15, -0.1) is 0 Å². The Morgan fingerprint density at radius 3 is 2.61 bits per heavy atom. The maximum Gasteiger partial charge on any atom is 0.271 e. The van der Waals surface area contributed by atoms with Crippen LogP contribution in [0.3, 0.4) is 0 Å². The van der Waals surface area contributed by atoms with Gasteiger partial charge in [-0.2, -0.15) is 5.10 Å². The molecule has 1 atom stereocenters. The zero-order valence-corrected chi connectivity index (χ0v) is 11.8. The van der Waals surface area contributed by atoms with Crippen LogP contribution in [0.4, 0.5) is 5.69 Å². The van der Waals surface area contributed by atoms with Gasteiger partial charge in [0.2, 0.25) is 0 Å². The van der Waals surface area contributed by atoms with Crippen molar-refractivity contribution in [3.8, 4) is 0 Å². The summed E-state index contributed by atoms with van der Waals surface area (Å²) in [7, 11) is 0. The molecule has 1 rings (SSSR count). The highest BCUT2D eigenvalue weighted by Crippen LogP contribution is 2.16. The normalized spacial score (nSPS) is 12.4.